The number of rotatable bonds is 4. The minimum Gasteiger partial charge on any atom is -0.505 e. The number of aromatic hydroxyl groups is 1. The average Bonchev–Trinajstić information content (AvgIpc) is 2.54. The molecule has 0 heterocycles. The van der Waals surface area contributed by atoms with Crippen molar-refractivity contribution in [1.29, 1.82) is 0 Å². The molecule has 0 spiro atoms. The van der Waals surface area contributed by atoms with Crippen molar-refractivity contribution in [2.24, 2.45) is 0 Å². The van der Waals surface area contributed by atoms with Crippen LogP contribution in [0.4, 0.5) is 11.4 Å². The molecular formula is C19H20N2O. The fourth-order valence-electron chi connectivity index (χ4n) is 2.65. The van der Waals surface area contributed by atoms with E-state index in [0.717, 1.165) is 27.7 Å². The SMILES string of the molecule is CNc1c(O)c(CNc2ccc(C)cc2)cc2ccccc12. The highest BCUT2D eigenvalue weighted by Crippen LogP contribution is 2.36. The maximum atomic E-state index is 10.5. The average molecular weight is 292 g/mol. The molecule has 3 aromatic rings. The molecule has 22 heavy (non-hydrogen) atoms. The summed E-state index contributed by atoms with van der Waals surface area (Å²) in [5.41, 5.74) is 3.93. The molecule has 3 nitrogen and oxygen atoms in total. The van der Waals surface area contributed by atoms with E-state index in [1.165, 1.54) is 5.56 Å². The first-order valence-corrected chi connectivity index (χ1v) is 7.41. The summed E-state index contributed by atoms with van der Waals surface area (Å²) in [5.74, 6) is 0.306. The topological polar surface area (TPSA) is 44.3 Å². The molecule has 0 saturated carbocycles. The van der Waals surface area contributed by atoms with E-state index in [0.29, 0.717) is 12.3 Å². The van der Waals surface area contributed by atoms with Crippen LogP contribution in [-0.2, 0) is 6.54 Å². The van der Waals surface area contributed by atoms with Gasteiger partial charge in [-0.15, -0.1) is 0 Å². The van der Waals surface area contributed by atoms with Gasteiger partial charge in [-0.2, -0.15) is 0 Å². The lowest BCUT2D eigenvalue weighted by Crippen LogP contribution is -2.02. The summed E-state index contributed by atoms with van der Waals surface area (Å²) < 4.78 is 0. The predicted octanol–water partition coefficient (Wildman–Crippen LogP) is 4.51. The molecule has 3 heteroatoms. The number of hydrogen-bond acceptors (Lipinski definition) is 3. The summed E-state index contributed by atoms with van der Waals surface area (Å²) in [7, 11) is 1.83. The van der Waals surface area contributed by atoms with Crippen molar-refractivity contribution >= 4 is 22.1 Å². The van der Waals surface area contributed by atoms with Gasteiger partial charge in [0.15, 0.2) is 0 Å². The van der Waals surface area contributed by atoms with Crippen molar-refractivity contribution in [3.05, 3.63) is 65.7 Å². The number of anilines is 2. The van der Waals surface area contributed by atoms with Gasteiger partial charge in [0.1, 0.15) is 5.75 Å². The van der Waals surface area contributed by atoms with Crippen LogP contribution >= 0.6 is 0 Å². The second-order valence-electron chi connectivity index (χ2n) is 5.45. The van der Waals surface area contributed by atoms with Crippen LogP contribution in [0.15, 0.2) is 54.6 Å². The van der Waals surface area contributed by atoms with Gasteiger partial charge in [-0.05, 0) is 30.5 Å². The zero-order valence-corrected chi connectivity index (χ0v) is 12.9. The Morgan fingerprint density at radius 3 is 2.45 bits per heavy atom. The summed E-state index contributed by atoms with van der Waals surface area (Å²) >= 11 is 0. The molecule has 0 unspecified atom stereocenters. The van der Waals surface area contributed by atoms with Crippen molar-refractivity contribution in [1.82, 2.24) is 0 Å². The van der Waals surface area contributed by atoms with Gasteiger partial charge in [-0.25, -0.2) is 0 Å². The summed E-state index contributed by atoms with van der Waals surface area (Å²) in [6, 6.07) is 18.3. The maximum Gasteiger partial charge on any atom is 0.144 e. The van der Waals surface area contributed by atoms with Crippen LogP contribution in [0, 0.1) is 6.92 Å². The standard InChI is InChI=1S/C19H20N2O/c1-13-7-9-16(10-8-13)21-12-15-11-14-5-3-4-6-17(14)18(20-2)19(15)22/h3-11,20-22H,12H2,1-2H3. The molecule has 0 aliphatic carbocycles. The highest BCUT2D eigenvalue weighted by atomic mass is 16.3. The number of phenolic OH excluding ortho intramolecular Hbond substituents is 1. The van der Waals surface area contributed by atoms with Gasteiger partial charge in [-0.1, -0.05) is 42.0 Å². The number of hydrogen-bond donors (Lipinski definition) is 3. The van der Waals surface area contributed by atoms with Crippen LogP contribution in [0.3, 0.4) is 0 Å². The molecule has 3 aromatic carbocycles. The lowest BCUT2D eigenvalue weighted by molar-refractivity contribution is 0.472. The van der Waals surface area contributed by atoms with E-state index in [1.807, 2.05) is 43.4 Å². The largest absolute Gasteiger partial charge is 0.505 e. The third-order valence-electron chi connectivity index (χ3n) is 3.89. The van der Waals surface area contributed by atoms with E-state index in [-0.39, 0.29) is 0 Å². The zero-order valence-electron chi connectivity index (χ0n) is 12.9. The Morgan fingerprint density at radius 2 is 1.73 bits per heavy atom. The molecule has 3 N–H and O–H groups in total. The molecule has 0 atom stereocenters. The molecule has 112 valence electrons. The fraction of sp³-hybridized carbons (Fsp3) is 0.158. The van der Waals surface area contributed by atoms with Crippen LogP contribution in [0.5, 0.6) is 5.75 Å². The van der Waals surface area contributed by atoms with E-state index in [1.54, 1.807) is 0 Å². The smallest absolute Gasteiger partial charge is 0.144 e. The Labute approximate surface area is 130 Å². The first-order valence-electron chi connectivity index (χ1n) is 7.41. The lowest BCUT2D eigenvalue weighted by Gasteiger charge is -2.14. The quantitative estimate of drug-likeness (QED) is 0.620. The molecule has 0 saturated heterocycles. The summed E-state index contributed by atoms with van der Waals surface area (Å²) in [4.78, 5) is 0. The number of nitrogens with one attached hydrogen (secondary N) is 2. The van der Waals surface area contributed by atoms with Crippen molar-refractivity contribution < 1.29 is 5.11 Å². The normalized spacial score (nSPS) is 10.6. The van der Waals surface area contributed by atoms with Crippen molar-refractivity contribution in [2.45, 2.75) is 13.5 Å². The Kier molecular flexibility index (Phi) is 3.88. The predicted molar refractivity (Wildman–Crippen MR) is 93.7 cm³/mol. The van der Waals surface area contributed by atoms with Gasteiger partial charge < -0.3 is 15.7 Å². The lowest BCUT2D eigenvalue weighted by atomic mass is 10.0. The molecule has 0 bridgehead atoms. The molecule has 0 radical (unpaired) electrons. The second-order valence-corrected chi connectivity index (χ2v) is 5.45. The Morgan fingerprint density at radius 1 is 1.00 bits per heavy atom. The highest BCUT2D eigenvalue weighted by molar-refractivity contribution is 5.97. The number of phenols is 1. The summed E-state index contributed by atoms with van der Waals surface area (Å²) in [6.45, 7) is 2.65. The maximum absolute atomic E-state index is 10.5. The molecule has 0 aliphatic rings. The molecule has 0 fully saturated rings. The van der Waals surface area contributed by atoms with Gasteiger partial charge in [0.2, 0.25) is 0 Å². The monoisotopic (exact) mass is 292 g/mol. The van der Waals surface area contributed by atoms with Gasteiger partial charge in [0.05, 0.1) is 5.69 Å². The third-order valence-corrected chi connectivity index (χ3v) is 3.89. The van der Waals surface area contributed by atoms with Crippen molar-refractivity contribution in [3.63, 3.8) is 0 Å². The van der Waals surface area contributed by atoms with Crippen LogP contribution in [0.25, 0.3) is 10.8 Å². The van der Waals surface area contributed by atoms with E-state index >= 15 is 0 Å². The first-order chi connectivity index (χ1) is 10.7. The van der Waals surface area contributed by atoms with Crippen LogP contribution < -0.4 is 10.6 Å². The third kappa shape index (κ3) is 2.70. The van der Waals surface area contributed by atoms with Gasteiger partial charge in [0, 0.05) is 30.2 Å². The highest BCUT2D eigenvalue weighted by Gasteiger charge is 2.11. The Balaban J connectivity index is 1.93. The Hall–Kier alpha value is -2.68. The van der Waals surface area contributed by atoms with Crippen LogP contribution in [0.1, 0.15) is 11.1 Å². The summed E-state index contributed by atoms with van der Waals surface area (Å²) in [6.07, 6.45) is 0. The number of aryl methyl sites for hydroxylation is 1. The van der Waals surface area contributed by atoms with Gasteiger partial charge in [-0.3, -0.25) is 0 Å². The Bertz CT molecular complexity index is 794. The van der Waals surface area contributed by atoms with E-state index in [2.05, 4.69) is 35.8 Å². The minimum absolute atomic E-state index is 0.306. The first kappa shape index (κ1) is 14.3. The van der Waals surface area contributed by atoms with Gasteiger partial charge >= 0.3 is 0 Å². The zero-order chi connectivity index (χ0) is 15.5. The molecule has 0 aliphatic heterocycles. The van der Waals surface area contributed by atoms with Crippen LogP contribution in [-0.4, -0.2) is 12.2 Å². The van der Waals surface area contributed by atoms with E-state index in [4.69, 9.17) is 0 Å². The van der Waals surface area contributed by atoms with Crippen molar-refractivity contribution in [2.75, 3.05) is 17.7 Å². The molecule has 0 aromatic heterocycles. The molecular weight excluding hydrogens is 272 g/mol. The minimum atomic E-state index is 0.306. The van der Waals surface area contributed by atoms with E-state index < -0.39 is 0 Å². The van der Waals surface area contributed by atoms with E-state index in [9.17, 15) is 5.11 Å². The fourth-order valence-corrected chi connectivity index (χ4v) is 2.65. The van der Waals surface area contributed by atoms with Crippen molar-refractivity contribution in [3.8, 4) is 5.75 Å². The van der Waals surface area contributed by atoms with Gasteiger partial charge in [0.25, 0.3) is 0 Å². The van der Waals surface area contributed by atoms with Crippen LogP contribution in [0.2, 0.25) is 0 Å². The number of fused-ring (bicyclic) bond motifs is 1. The second kappa shape index (κ2) is 5.98. The molecule has 0 amide bonds. The number of benzene rings is 3. The molecule has 3 rings (SSSR count). The summed E-state index contributed by atoms with van der Waals surface area (Å²) in [5, 5.41) is 19.1.